The topological polar surface area (TPSA) is 94.4 Å². The number of hydrogen-bond donors (Lipinski definition) is 3. The number of benzene rings is 2. The van der Waals surface area contributed by atoms with Crippen molar-refractivity contribution < 1.29 is 19.7 Å². The minimum absolute atomic E-state index is 0.116. The molecule has 26 heavy (non-hydrogen) atoms. The lowest BCUT2D eigenvalue weighted by atomic mass is 10.2. The molecule has 2 aromatic carbocycles. The highest BCUT2D eigenvalue weighted by Crippen LogP contribution is 2.35. The first kappa shape index (κ1) is 19.1. The van der Waals surface area contributed by atoms with Crippen molar-refractivity contribution in [2.75, 3.05) is 25.1 Å². The van der Waals surface area contributed by atoms with Crippen molar-refractivity contribution in [3.63, 3.8) is 0 Å². The van der Waals surface area contributed by atoms with E-state index in [0.29, 0.717) is 11.1 Å². The van der Waals surface area contributed by atoms with Gasteiger partial charge in [-0.3, -0.25) is 4.79 Å². The number of methoxy groups -OCH3 is 1. The largest absolute Gasteiger partial charge is 0.504 e. The maximum Gasteiger partial charge on any atom is 0.271 e. The molecule has 1 amide bonds. The van der Waals surface area contributed by atoms with Gasteiger partial charge in [0.15, 0.2) is 11.5 Å². The Bertz CT molecular complexity index is 784. The lowest BCUT2D eigenvalue weighted by Gasteiger charge is -2.20. The van der Waals surface area contributed by atoms with Crippen LogP contribution in [0.3, 0.4) is 0 Å². The Kier molecular flexibility index (Phi) is 6.43. The highest BCUT2D eigenvalue weighted by Gasteiger charge is 2.09. The van der Waals surface area contributed by atoms with Gasteiger partial charge in [0.1, 0.15) is 0 Å². The summed E-state index contributed by atoms with van der Waals surface area (Å²) in [4.78, 5) is 14.3. The lowest BCUT2D eigenvalue weighted by Crippen LogP contribution is -2.22. The van der Waals surface area contributed by atoms with E-state index >= 15 is 0 Å². The number of nitrogens with zero attached hydrogens (tertiary/aromatic N) is 2. The molecule has 7 nitrogen and oxygen atoms in total. The second-order valence-corrected chi connectivity index (χ2v) is 5.51. The summed E-state index contributed by atoms with van der Waals surface area (Å²) >= 11 is 0. The number of phenols is 2. The van der Waals surface area contributed by atoms with Crippen molar-refractivity contribution in [1.29, 1.82) is 0 Å². The number of carbonyl (C=O) groups is 1. The van der Waals surface area contributed by atoms with Crippen LogP contribution < -0.4 is 15.1 Å². The standard InChI is InChI=1S/C19H23N3O4/c1-4-22(5-2)15-8-6-14(7-9-15)19(25)21-20-12-13-10-16(23)18(24)17(11-13)26-3/h6-12,23-24H,4-5H2,1-3H3,(H,21,25)/b20-12+. The summed E-state index contributed by atoms with van der Waals surface area (Å²) in [5.74, 6) is -0.904. The average molecular weight is 357 g/mol. The Morgan fingerprint density at radius 1 is 1.19 bits per heavy atom. The van der Waals surface area contributed by atoms with Crippen LogP contribution in [0.15, 0.2) is 41.5 Å². The van der Waals surface area contributed by atoms with E-state index in [0.717, 1.165) is 18.8 Å². The number of hydrazone groups is 1. The molecule has 0 atom stereocenters. The molecule has 0 heterocycles. The minimum atomic E-state index is -0.345. The number of nitrogens with one attached hydrogen (secondary N) is 1. The SMILES string of the molecule is CCN(CC)c1ccc(C(=O)N/N=C/c2cc(O)c(O)c(OC)c2)cc1. The van der Waals surface area contributed by atoms with E-state index in [1.807, 2.05) is 12.1 Å². The fourth-order valence-electron chi connectivity index (χ4n) is 2.49. The van der Waals surface area contributed by atoms with Crippen molar-refractivity contribution in [2.24, 2.45) is 5.10 Å². The van der Waals surface area contributed by atoms with E-state index in [1.54, 1.807) is 12.1 Å². The van der Waals surface area contributed by atoms with Gasteiger partial charge >= 0.3 is 0 Å². The molecule has 0 spiro atoms. The van der Waals surface area contributed by atoms with Crippen molar-refractivity contribution in [3.05, 3.63) is 47.5 Å². The van der Waals surface area contributed by atoms with Crippen LogP contribution >= 0.6 is 0 Å². The van der Waals surface area contributed by atoms with Crippen LogP contribution in [0.1, 0.15) is 29.8 Å². The molecule has 2 aromatic rings. The average Bonchev–Trinajstić information content (AvgIpc) is 2.65. The van der Waals surface area contributed by atoms with E-state index in [9.17, 15) is 15.0 Å². The highest BCUT2D eigenvalue weighted by atomic mass is 16.5. The molecule has 7 heteroatoms. The zero-order valence-corrected chi connectivity index (χ0v) is 15.1. The molecule has 138 valence electrons. The second kappa shape index (κ2) is 8.75. The summed E-state index contributed by atoms with van der Waals surface area (Å²) in [7, 11) is 1.37. The number of rotatable bonds is 7. The van der Waals surface area contributed by atoms with Gasteiger partial charge in [-0.05, 0) is 50.2 Å². The van der Waals surface area contributed by atoms with Crippen LogP contribution in [-0.4, -0.2) is 42.5 Å². The number of phenolic OH excluding ortho intramolecular Hbond substituents is 2. The molecular weight excluding hydrogens is 334 g/mol. The Hall–Kier alpha value is -3.22. The van der Waals surface area contributed by atoms with Crippen LogP contribution in [0.5, 0.6) is 17.2 Å². The molecule has 0 aliphatic heterocycles. The van der Waals surface area contributed by atoms with Gasteiger partial charge in [0.05, 0.1) is 13.3 Å². The van der Waals surface area contributed by atoms with Crippen molar-refractivity contribution in [3.8, 4) is 17.2 Å². The van der Waals surface area contributed by atoms with Gasteiger partial charge in [0, 0.05) is 29.9 Å². The van der Waals surface area contributed by atoms with Gasteiger partial charge in [-0.15, -0.1) is 0 Å². The minimum Gasteiger partial charge on any atom is -0.504 e. The first-order valence-corrected chi connectivity index (χ1v) is 8.28. The molecule has 0 radical (unpaired) electrons. The van der Waals surface area contributed by atoms with E-state index in [4.69, 9.17) is 4.74 Å². The van der Waals surface area contributed by atoms with E-state index < -0.39 is 0 Å². The Labute approximate surface area is 152 Å². The maximum absolute atomic E-state index is 12.1. The fraction of sp³-hybridized carbons (Fsp3) is 0.263. The normalized spacial score (nSPS) is 10.7. The molecule has 0 aromatic heterocycles. The first-order valence-electron chi connectivity index (χ1n) is 8.28. The van der Waals surface area contributed by atoms with Gasteiger partial charge in [-0.25, -0.2) is 5.43 Å². The summed E-state index contributed by atoms with van der Waals surface area (Å²) in [6, 6.07) is 10.1. The summed E-state index contributed by atoms with van der Waals surface area (Å²) in [6.07, 6.45) is 1.35. The monoisotopic (exact) mass is 357 g/mol. The molecule has 2 rings (SSSR count). The molecule has 0 aliphatic carbocycles. The quantitative estimate of drug-likeness (QED) is 0.402. The van der Waals surface area contributed by atoms with Gasteiger partial charge in [-0.1, -0.05) is 0 Å². The molecule has 0 bridgehead atoms. The van der Waals surface area contributed by atoms with Crippen molar-refractivity contribution in [2.45, 2.75) is 13.8 Å². The van der Waals surface area contributed by atoms with E-state index in [-0.39, 0.29) is 23.2 Å². The predicted molar refractivity (Wildman–Crippen MR) is 101 cm³/mol. The number of ether oxygens (including phenoxy) is 1. The third-order valence-electron chi connectivity index (χ3n) is 3.93. The molecule has 0 saturated carbocycles. The highest BCUT2D eigenvalue weighted by molar-refractivity contribution is 5.95. The first-order chi connectivity index (χ1) is 12.5. The number of aromatic hydroxyl groups is 2. The fourth-order valence-corrected chi connectivity index (χ4v) is 2.49. The molecule has 3 N–H and O–H groups in total. The molecule has 0 fully saturated rings. The smallest absolute Gasteiger partial charge is 0.271 e. The van der Waals surface area contributed by atoms with Gasteiger partial charge in [0.2, 0.25) is 5.75 Å². The number of carbonyl (C=O) groups excluding carboxylic acids is 1. The zero-order valence-electron chi connectivity index (χ0n) is 15.1. The maximum atomic E-state index is 12.1. The number of amides is 1. The summed E-state index contributed by atoms with van der Waals surface area (Å²) in [5, 5.41) is 23.1. The second-order valence-electron chi connectivity index (χ2n) is 5.51. The third kappa shape index (κ3) is 4.44. The predicted octanol–water partition coefficient (Wildman–Crippen LogP) is 2.72. The van der Waals surface area contributed by atoms with Crippen LogP contribution in [0.2, 0.25) is 0 Å². The van der Waals surface area contributed by atoms with Crippen LogP contribution in [0, 0.1) is 0 Å². The van der Waals surface area contributed by atoms with Gasteiger partial charge in [-0.2, -0.15) is 5.10 Å². The van der Waals surface area contributed by atoms with Crippen LogP contribution in [0.25, 0.3) is 0 Å². The summed E-state index contributed by atoms with van der Waals surface area (Å²) < 4.78 is 4.95. The third-order valence-corrected chi connectivity index (χ3v) is 3.93. The lowest BCUT2D eigenvalue weighted by molar-refractivity contribution is 0.0955. The Balaban J connectivity index is 2.04. The van der Waals surface area contributed by atoms with Crippen LogP contribution in [0.4, 0.5) is 5.69 Å². The summed E-state index contributed by atoms with van der Waals surface area (Å²) in [5.41, 5.74) is 4.44. The Morgan fingerprint density at radius 2 is 1.85 bits per heavy atom. The van der Waals surface area contributed by atoms with Crippen molar-refractivity contribution in [1.82, 2.24) is 5.43 Å². The van der Waals surface area contributed by atoms with Crippen LogP contribution in [-0.2, 0) is 0 Å². The van der Waals surface area contributed by atoms with E-state index in [1.165, 1.54) is 25.5 Å². The van der Waals surface area contributed by atoms with Gasteiger partial charge < -0.3 is 19.8 Å². The molecular formula is C19H23N3O4. The number of anilines is 1. The summed E-state index contributed by atoms with van der Waals surface area (Å²) in [6.45, 7) is 5.95. The zero-order chi connectivity index (χ0) is 19.1. The molecule has 0 unspecified atom stereocenters. The molecule has 0 aliphatic rings. The Morgan fingerprint density at radius 3 is 2.42 bits per heavy atom. The van der Waals surface area contributed by atoms with Gasteiger partial charge in [0.25, 0.3) is 5.91 Å². The number of hydrogen-bond acceptors (Lipinski definition) is 6. The molecule has 0 saturated heterocycles. The van der Waals surface area contributed by atoms with E-state index in [2.05, 4.69) is 29.3 Å². The van der Waals surface area contributed by atoms with Crippen molar-refractivity contribution >= 4 is 17.8 Å².